The molecule has 0 aromatic heterocycles. The number of esters is 1. The van der Waals surface area contributed by atoms with E-state index >= 15 is 0 Å². The van der Waals surface area contributed by atoms with Crippen molar-refractivity contribution >= 4 is 11.8 Å². The number of ether oxygens (including phenoxy) is 1. The van der Waals surface area contributed by atoms with E-state index in [2.05, 4.69) is 27.4 Å². The van der Waals surface area contributed by atoms with Crippen LogP contribution in [0.1, 0.15) is 73.1 Å². The molecule has 3 fully saturated rings. The number of aliphatic hydroxyl groups is 1. The summed E-state index contributed by atoms with van der Waals surface area (Å²) in [6.45, 7) is 13.9. The largest absolute Gasteiger partial charge is 0.454 e. The van der Waals surface area contributed by atoms with Crippen LogP contribution in [0.5, 0.6) is 0 Å². The van der Waals surface area contributed by atoms with Crippen LogP contribution in [-0.2, 0) is 14.3 Å². The van der Waals surface area contributed by atoms with E-state index in [0.717, 1.165) is 25.7 Å². The molecule has 1 N–H and O–H groups in total. The van der Waals surface area contributed by atoms with Crippen LogP contribution in [0, 0.1) is 28.1 Å². The zero-order valence-electron chi connectivity index (χ0n) is 16.9. The normalized spacial score (nSPS) is 47.5. The van der Waals surface area contributed by atoms with Gasteiger partial charge in [-0.05, 0) is 48.9 Å². The SMILES string of the molecule is C=C[C@]1(C)C[C@]2(O)CC[C@H]3C(C)(C)CCC[C@]3(C)[C@H]2C(=O)[C@H]1OC(C)=O. The standard InChI is InChI=1S/C22H34O4/c1-7-20(5)13-22(25)12-9-15-19(3,4)10-8-11-21(15,6)17(22)16(24)18(20)26-14(2)23/h7,15,17-18,25H,1,8-13H2,2-6H3/t15-,17+,18+,20+,21-,22+/m0/s1. The zero-order valence-corrected chi connectivity index (χ0v) is 16.9. The average molecular weight is 363 g/mol. The summed E-state index contributed by atoms with van der Waals surface area (Å²) in [6.07, 6.45) is 5.98. The second kappa shape index (κ2) is 5.92. The third-order valence-corrected chi connectivity index (χ3v) is 7.92. The fourth-order valence-electron chi connectivity index (χ4n) is 6.93. The molecule has 3 saturated carbocycles. The summed E-state index contributed by atoms with van der Waals surface area (Å²) in [5.74, 6) is -0.653. The minimum absolute atomic E-state index is 0.110. The number of hydrogen-bond donors (Lipinski definition) is 1. The van der Waals surface area contributed by atoms with E-state index in [0.29, 0.717) is 18.8 Å². The Morgan fingerprint density at radius 2 is 1.88 bits per heavy atom. The monoisotopic (exact) mass is 362 g/mol. The van der Waals surface area contributed by atoms with Gasteiger partial charge in [-0.2, -0.15) is 0 Å². The quantitative estimate of drug-likeness (QED) is 0.594. The lowest BCUT2D eigenvalue weighted by molar-refractivity contribution is -0.220. The minimum Gasteiger partial charge on any atom is -0.454 e. The molecule has 4 nitrogen and oxygen atoms in total. The second-order valence-electron chi connectivity index (χ2n) is 10.3. The van der Waals surface area contributed by atoms with Crippen molar-refractivity contribution in [3.63, 3.8) is 0 Å². The molecule has 0 heterocycles. The summed E-state index contributed by atoms with van der Waals surface area (Å²) in [5.41, 5.74) is -1.88. The van der Waals surface area contributed by atoms with Crippen LogP contribution in [0.2, 0.25) is 0 Å². The first-order chi connectivity index (χ1) is 11.9. The third kappa shape index (κ3) is 2.67. The Hall–Kier alpha value is -1.16. The maximum Gasteiger partial charge on any atom is 0.303 e. The Morgan fingerprint density at radius 3 is 2.46 bits per heavy atom. The topological polar surface area (TPSA) is 63.6 Å². The van der Waals surface area contributed by atoms with Crippen LogP contribution in [0.4, 0.5) is 0 Å². The summed E-state index contributed by atoms with van der Waals surface area (Å²) in [6, 6.07) is 0. The highest BCUT2D eigenvalue weighted by atomic mass is 16.5. The number of Topliss-reactive ketones (excluding diaryl/α,β-unsaturated/α-hetero) is 1. The van der Waals surface area contributed by atoms with E-state index < -0.39 is 29.0 Å². The van der Waals surface area contributed by atoms with Gasteiger partial charge in [0, 0.05) is 12.3 Å². The number of hydrogen-bond acceptors (Lipinski definition) is 4. The minimum atomic E-state index is -1.05. The first kappa shape index (κ1) is 19.6. The summed E-state index contributed by atoms with van der Waals surface area (Å²) < 4.78 is 5.51. The van der Waals surface area contributed by atoms with Crippen molar-refractivity contribution in [1.29, 1.82) is 0 Å². The Balaban J connectivity index is 2.08. The highest BCUT2D eigenvalue weighted by Crippen LogP contribution is 2.65. The molecular weight excluding hydrogens is 328 g/mol. The molecule has 0 bridgehead atoms. The predicted octanol–water partition coefficient (Wildman–Crippen LogP) is 4.06. The molecule has 0 unspecified atom stereocenters. The Labute approximate surface area is 157 Å². The maximum atomic E-state index is 13.7. The van der Waals surface area contributed by atoms with Gasteiger partial charge >= 0.3 is 5.97 Å². The molecule has 0 spiro atoms. The molecule has 0 saturated heterocycles. The summed E-state index contributed by atoms with van der Waals surface area (Å²) in [5, 5.41) is 11.6. The van der Waals surface area contributed by atoms with Crippen LogP contribution in [0.15, 0.2) is 12.7 Å². The van der Waals surface area contributed by atoms with Crippen molar-refractivity contribution in [1.82, 2.24) is 0 Å². The first-order valence-electron chi connectivity index (χ1n) is 9.97. The number of fused-ring (bicyclic) bond motifs is 3. The lowest BCUT2D eigenvalue weighted by atomic mass is 9.41. The van der Waals surface area contributed by atoms with Gasteiger partial charge in [-0.1, -0.05) is 40.2 Å². The Bertz CT molecular complexity index is 638. The molecule has 3 aliphatic carbocycles. The van der Waals surface area contributed by atoms with E-state index in [1.807, 2.05) is 6.92 Å². The number of rotatable bonds is 2. The average Bonchev–Trinajstić information content (AvgIpc) is 2.49. The fourth-order valence-corrected chi connectivity index (χ4v) is 6.93. The van der Waals surface area contributed by atoms with Crippen molar-refractivity contribution in [2.45, 2.75) is 84.8 Å². The van der Waals surface area contributed by atoms with Gasteiger partial charge < -0.3 is 9.84 Å². The molecule has 4 heteroatoms. The predicted molar refractivity (Wildman–Crippen MR) is 100 cm³/mol. The lowest BCUT2D eigenvalue weighted by Gasteiger charge is -2.64. The highest BCUT2D eigenvalue weighted by molar-refractivity contribution is 5.91. The third-order valence-electron chi connectivity index (χ3n) is 7.92. The molecule has 3 aliphatic rings. The number of carbonyl (C=O) groups is 2. The number of ketones is 1. The second-order valence-corrected chi connectivity index (χ2v) is 10.3. The summed E-state index contributed by atoms with van der Waals surface area (Å²) in [7, 11) is 0. The van der Waals surface area contributed by atoms with E-state index in [1.165, 1.54) is 6.92 Å². The lowest BCUT2D eigenvalue weighted by Crippen LogP contribution is -2.68. The molecule has 0 aliphatic heterocycles. The van der Waals surface area contributed by atoms with Gasteiger partial charge in [-0.15, -0.1) is 6.58 Å². The van der Waals surface area contributed by atoms with Crippen molar-refractivity contribution in [2.24, 2.45) is 28.1 Å². The first-order valence-corrected chi connectivity index (χ1v) is 9.97. The van der Waals surface area contributed by atoms with Crippen LogP contribution in [0.3, 0.4) is 0 Å². The molecular formula is C22H34O4. The summed E-state index contributed by atoms with van der Waals surface area (Å²) in [4.78, 5) is 25.4. The van der Waals surface area contributed by atoms with Crippen molar-refractivity contribution in [3.05, 3.63) is 12.7 Å². The Kier molecular flexibility index (Phi) is 4.46. The van der Waals surface area contributed by atoms with Gasteiger partial charge in [0.05, 0.1) is 11.5 Å². The van der Waals surface area contributed by atoms with Gasteiger partial charge in [-0.3, -0.25) is 9.59 Å². The van der Waals surface area contributed by atoms with Gasteiger partial charge in [-0.25, -0.2) is 0 Å². The van der Waals surface area contributed by atoms with E-state index in [9.17, 15) is 14.7 Å². The van der Waals surface area contributed by atoms with Crippen molar-refractivity contribution in [2.75, 3.05) is 0 Å². The zero-order chi connectivity index (χ0) is 19.5. The van der Waals surface area contributed by atoms with Crippen molar-refractivity contribution in [3.8, 4) is 0 Å². The molecule has 3 rings (SSSR count). The van der Waals surface area contributed by atoms with Gasteiger partial charge in [0.15, 0.2) is 11.9 Å². The van der Waals surface area contributed by atoms with Crippen LogP contribution < -0.4 is 0 Å². The van der Waals surface area contributed by atoms with Crippen LogP contribution >= 0.6 is 0 Å². The maximum absolute atomic E-state index is 13.7. The molecule has 0 radical (unpaired) electrons. The molecule has 26 heavy (non-hydrogen) atoms. The molecule has 146 valence electrons. The van der Waals surface area contributed by atoms with Crippen molar-refractivity contribution < 1.29 is 19.4 Å². The molecule has 0 aromatic carbocycles. The summed E-state index contributed by atoms with van der Waals surface area (Å²) >= 11 is 0. The number of carbonyl (C=O) groups excluding carboxylic acids is 2. The highest BCUT2D eigenvalue weighted by Gasteiger charge is 2.67. The van der Waals surface area contributed by atoms with Gasteiger partial charge in [0.25, 0.3) is 0 Å². The Morgan fingerprint density at radius 1 is 1.23 bits per heavy atom. The van der Waals surface area contributed by atoms with E-state index in [1.54, 1.807) is 6.08 Å². The molecule has 0 aromatic rings. The van der Waals surface area contributed by atoms with Gasteiger partial charge in [0.2, 0.25) is 0 Å². The van der Waals surface area contributed by atoms with E-state index in [4.69, 9.17) is 4.74 Å². The van der Waals surface area contributed by atoms with Crippen LogP contribution in [0.25, 0.3) is 0 Å². The molecule has 0 amide bonds. The molecule has 6 atom stereocenters. The fraction of sp³-hybridized carbons (Fsp3) is 0.818. The smallest absolute Gasteiger partial charge is 0.303 e. The van der Waals surface area contributed by atoms with E-state index in [-0.39, 0.29) is 16.6 Å². The van der Waals surface area contributed by atoms with Gasteiger partial charge in [0.1, 0.15) is 0 Å². The van der Waals surface area contributed by atoms with Crippen LogP contribution in [-0.4, -0.2) is 28.6 Å².